The van der Waals surface area contributed by atoms with Crippen molar-refractivity contribution in [1.82, 2.24) is 0 Å². The third-order valence-corrected chi connectivity index (χ3v) is 10.6. The zero-order valence-electron chi connectivity index (χ0n) is 19.7. The molecule has 0 fully saturated rings. The molecule has 17 heteroatoms. The summed E-state index contributed by atoms with van der Waals surface area (Å²) in [4.78, 5) is 2.69. The Morgan fingerprint density at radius 3 is 2.24 bits per heavy atom. The summed E-state index contributed by atoms with van der Waals surface area (Å²) in [6, 6.07) is 6.81. The molecule has 0 saturated carbocycles. The van der Waals surface area contributed by atoms with Gasteiger partial charge in [-0.25, -0.2) is 8.42 Å². The summed E-state index contributed by atoms with van der Waals surface area (Å²) in [6.45, 7) is 0.497. The number of fused-ring (bicyclic) bond motifs is 2. The fourth-order valence-electron chi connectivity index (χ4n) is 3.78. The van der Waals surface area contributed by atoms with Gasteiger partial charge >= 0.3 is 29.6 Å². The molecule has 0 bridgehead atoms. The van der Waals surface area contributed by atoms with E-state index in [-0.39, 0.29) is 55.5 Å². The number of hydrogen-bond donors (Lipinski definition) is 1. The number of rotatable bonds is 9. The average molecular weight is 687 g/mol. The molecule has 1 aromatic heterocycles. The summed E-state index contributed by atoms with van der Waals surface area (Å²) in [7, 11) is -8.53. The van der Waals surface area contributed by atoms with E-state index in [9.17, 15) is 25.9 Å². The van der Waals surface area contributed by atoms with Gasteiger partial charge < -0.3 is 9.45 Å². The first-order chi connectivity index (χ1) is 17.2. The molecule has 0 amide bonds. The zero-order chi connectivity index (χ0) is 27.1. The minimum atomic E-state index is -4.39. The molecule has 0 saturated heterocycles. The quantitative estimate of drug-likeness (QED) is 0.208. The van der Waals surface area contributed by atoms with E-state index in [2.05, 4.69) is 0 Å². The van der Waals surface area contributed by atoms with Gasteiger partial charge in [0, 0.05) is 29.7 Å². The van der Waals surface area contributed by atoms with Crippen LogP contribution < -0.4 is 39.0 Å². The first-order valence-corrected chi connectivity index (χ1v) is 16.9. The van der Waals surface area contributed by atoms with Crippen molar-refractivity contribution < 1.29 is 60.1 Å². The van der Waals surface area contributed by atoms with E-state index >= 15 is 0 Å². The molecule has 0 radical (unpaired) electrons. The minimum Gasteiger partial charge on any atom is -0.748 e. The smallest absolute Gasteiger partial charge is 0.748 e. The van der Waals surface area contributed by atoms with Crippen LogP contribution in [0.5, 0.6) is 0 Å². The number of thiazole rings is 1. The molecule has 4 rings (SSSR count). The van der Waals surface area contributed by atoms with Crippen LogP contribution in [0.1, 0.15) is 17.8 Å². The van der Waals surface area contributed by atoms with E-state index in [1.807, 2.05) is 15.5 Å². The van der Waals surface area contributed by atoms with Gasteiger partial charge in [0.2, 0.25) is 5.52 Å². The van der Waals surface area contributed by atoms with Crippen LogP contribution in [-0.4, -0.2) is 44.0 Å². The molecule has 2 aromatic carbocycles. The van der Waals surface area contributed by atoms with Gasteiger partial charge in [0.1, 0.15) is 4.70 Å². The molecule has 2 heterocycles. The normalized spacial score (nSPS) is 14.8. The van der Waals surface area contributed by atoms with Crippen molar-refractivity contribution in [2.24, 2.45) is 0 Å². The molecule has 1 aliphatic heterocycles. The first kappa shape index (κ1) is 32.7. The second-order valence-corrected chi connectivity index (χ2v) is 14.9. The number of thioether (sulfide) groups is 1. The van der Waals surface area contributed by atoms with Crippen LogP contribution in [0, 0.1) is 0 Å². The zero-order valence-corrected chi connectivity index (χ0v) is 27.9. The van der Waals surface area contributed by atoms with Gasteiger partial charge in [0.15, 0.2) is 6.54 Å². The fourth-order valence-corrected chi connectivity index (χ4v) is 7.90. The Morgan fingerprint density at radius 1 is 0.947 bits per heavy atom. The van der Waals surface area contributed by atoms with Crippen LogP contribution in [0.15, 0.2) is 34.2 Å². The van der Waals surface area contributed by atoms with Gasteiger partial charge in [-0.2, -0.15) is 13.0 Å². The summed E-state index contributed by atoms with van der Waals surface area (Å²) >= 11 is 27.7. The summed E-state index contributed by atoms with van der Waals surface area (Å²) in [6.07, 6.45) is 2.11. The van der Waals surface area contributed by atoms with Gasteiger partial charge in [-0.3, -0.25) is 4.55 Å². The third-order valence-electron chi connectivity index (χ3n) is 5.35. The van der Waals surface area contributed by atoms with E-state index in [4.69, 9.17) is 46.4 Å². The Kier molecular flexibility index (Phi) is 11.2. The SMILES string of the molecule is O=S(=O)([O-])CCC[n+]1c(C=C2Sc3cc(Cl)c(Cl)cc3N2CCCS(=O)(=O)O)sc2cc(Cl)c(Cl)cc21.[Na+]. The van der Waals surface area contributed by atoms with E-state index in [0.717, 1.165) is 30.8 Å². The number of nitrogens with zero attached hydrogens (tertiary/aromatic N) is 2. The van der Waals surface area contributed by atoms with Crippen molar-refractivity contribution >= 4 is 112 Å². The molecule has 8 nitrogen and oxygen atoms in total. The summed E-state index contributed by atoms with van der Waals surface area (Å²) in [5.74, 6) is -0.935. The topological polar surface area (TPSA) is 119 Å². The number of benzene rings is 2. The third kappa shape index (κ3) is 8.15. The summed E-state index contributed by atoms with van der Waals surface area (Å²) in [5, 5.41) is 2.86. The molecule has 0 unspecified atom stereocenters. The van der Waals surface area contributed by atoms with Crippen LogP contribution in [0.2, 0.25) is 20.1 Å². The molecule has 1 aliphatic rings. The van der Waals surface area contributed by atoms with E-state index in [1.54, 1.807) is 24.3 Å². The van der Waals surface area contributed by atoms with Gasteiger partial charge in [-0.1, -0.05) is 69.5 Å². The van der Waals surface area contributed by atoms with Crippen LogP contribution in [0.3, 0.4) is 0 Å². The van der Waals surface area contributed by atoms with Crippen molar-refractivity contribution in [3.8, 4) is 0 Å². The largest absolute Gasteiger partial charge is 1.00 e. The van der Waals surface area contributed by atoms with Crippen molar-refractivity contribution in [3.63, 3.8) is 0 Å². The average Bonchev–Trinajstić information content (AvgIpc) is 3.25. The first-order valence-electron chi connectivity index (χ1n) is 10.6. The molecule has 38 heavy (non-hydrogen) atoms. The van der Waals surface area contributed by atoms with Crippen molar-refractivity contribution in [2.75, 3.05) is 23.0 Å². The minimum absolute atomic E-state index is 0. The van der Waals surface area contributed by atoms with Gasteiger partial charge in [-0.05, 0) is 24.6 Å². The fraction of sp³-hybridized carbons (Fsp3) is 0.286. The Bertz CT molecular complexity index is 1630. The van der Waals surface area contributed by atoms with E-state index in [1.165, 1.54) is 23.1 Å². The summed E-state index contributed by atoms with van der Waals surface area (Å²) < 4.78 is 67.9. The van der Waals surface area contributed by atoms with Crippen molar-refractivity contribution in [2.45, 2.75) is 24.3 Å². The molecule has 0 spiro atoms. The van der Waals surface area contributed by atoms with E-state index < -0.39 is 31.7 Å². The van der Waals surface area contributed by atoms with Crippen molar-refractivity contribution in [3.05, 3.63) is 54.4 Å². The number of hydrogen-bond acceptors (Lipinski definition) is 8. The maximum Gasteiger partial charge on any atom is 1.00 e. The predicted molar refractivity (Wildman–Crippen MR) is 150 cm³/mol. The molecule has 3 aromatic rings. The maximum absolute atomic E-state index is 11.3. The van der Waals surface area contributed by atoms with E-state index in [0.29, 0.717) is 20.1 Å². The van der Waals surface area contributed by atoms with Crippen LogP contribution in [0.4, 0.5) is 5.69 Å². The Hall–Kier alpha value is 0.200. The van der Waals surface area contributed by atoms with Crippen molar-refractivity contribution in [1.29, 1.82) is 0 Å². The molecule has 1 N–H and O–H groups in total. The standard InChI is InChI=1S/C21H18Cl4N2O6S4.Na/c22-12-7-16-18(9-14(12)24)34-20(26(16)3-1-5-36(28,29)30)11-21-27(4-2-6-37(31,32)33)17-8-13(23)15(25)10-19(17)35-21;/h7-11H,1-6H2,(H-,28,29,30,31,32,33);/q;+1. The molecular weight excluding hydrogens is 669 g/mol. The number of anilines is 1. The Morgan fingerprint density at radius 2 is 1.58 bits per heavy atom. The maximum atomic E-state index is 11.3. The second kappa shape index (κ2) is 13.0. The second-order valence-electron chi connectivity index (χ2n) is 8.05. The number of aryl methyl sites for hydroxylation is 1. The Balaban J connectivity index is 0.00000400. The molecular formula is C21H18Cl4N2NaO6S4+. The Labute approximate surface area is 270 Å². The molecule has 200 valence electrons. The molecule has 0 atom stereocenters. The van der Waals surface area contributed by atoms with Crippen LogP contribution in [0.25, 0.3) is 16.3 Å². The van der Waals surface area contributed by atoms with Gasteiger partial charge in [0.25, 0.3) is 15.1 Å². The summed E-state index contributed by atoms with van der Waals surface area (Å²) in [5.41, 5.74) is 1.45. The monoisotopic (exact) mass is 685 g/mol. The van der Waals surface area contributed by atoms with Gasteiger partial charge in [-0.15, -0.1) is 0 Å². The predicted octanol–water partition coefficient (Wildman–Crippen LogP) is 2.93. The van der Waals surface area contributed by atoms with Crippen LogP contribution in [-0.2, 0) is 26.8 Å². The number of aromatic nitrogens is 1. The molecule has 0 aliphatic carbocycles. The number of halogens is 4. The van der Waals surface area contributed by atoms with Crippen LogP contribution >= 0.6 is 69.5 Å². The van der Waals surface area contributed by atoms with Gasteiger partial charge in [0.05, 0.1) is 52.8 Å².